The fourth-order valence-corrected chi connectivity index (χ4v) is 2.56. The van der Waals surface area contributed by atoms with Crippen LogP contribution >= 0.6 is 0 Å². The van der Waals surface area contributed by atoms with Crippen LogP contribution in [0.5, 0.6) is 0 Å². The summed E-state index contributed by atoms with van der Waals surface area (Å²) in [6.45, 7) is 8.38. The Balaban J connectivity index is 2.19. The highest BCUT2D eigenvalue weighted by atomic mass is 15.1. The predicted molar refractivity (Wildman–Crippen MR) is 75.5 cm³/mol. The Labute approximate surface area is 108 Å². The highest BCUT2D eigenvalue weighted by molar-refractivity contribution is 4.74. The van der Waals surface area contributed by atoms with Gasteiger partial charge in [0.15, 0.2) is 0 Å². The second-order valence-electron chi connectivity index (χ2n) is 5.55. The first-order chi connectivity index (χ1) is 8.22. The molecule has 1 heterocycles. The molecule has 102 valence electrons. The van der Waals surface area contributed by atoms with E-state index in [-0.39, 0.29) is 0 Å². The molecule has 0 bridgehead atoms. The molecular formula is C14H31N3. The first-order valence-corrected chi connectivity index (χ1v) is 7.33. The summed E-state index contributed by atoms with van der Waals surface area (Å²) in [7, 11) is 4.31. The van der Waals surface area contributed by atoms with Gasteiger partial charge in [-0.15, -0.1) is 0 Å². The van der Waals surface area contributed by atoms with Crippen LogP contribution < -0.4 is 5.32 Å². The molecule has 1 saturated heterocycles. The molecule has 0 spiro atoms. The van der Waals surface area contributed by atoms with E-state index in [2.05, 4.69) is 36.1 Å². The summed E-state index contributed by atoms with van der Waals surface area (Å²) in [5, 5.41) is 3.69. The Kier molecular flexibility index (Phi) is 7.82. The second kappa shape index (κ2) is 8.90. The second-order valence-corrected chi connectivity index (χ2v) is 5.55. The lowest BCUT2D eigenvalue weighted by Gasteiger charge is -2.26. The Morgan fingerprint density at radius 1 is 1.12 bits per heavy atom. The lowest BCUT2D eigenvalue weighted by atomic mass is 10.1. The molecule has 0 aliphatic carbocycles. The van der Waals surface area contributed by atoms with E-state index >= 15 is 0 Å². The van der Waals surface area contributed by atoms with Crippen molar-refractivity contribution in [3.05, 3.63) is 0 Å². The van der Waals surface area contributed by atoms with Crippen LogP contribution in [0.2, 0.25) is 0 Å². The maximum absolute atomic E-state index is 3.69. The molecule has 0 saturated carbocycles. The van der Waals surface area contributed by atoms with Crippen LogP contribution in [0.3, 0.4) is 0 Å². The molecule has 1 aliphatic rings. The average molecular weight is 241 g/mol. The van der Waals surface area contributed by atoms with E-state index < -0.39 is 0 Å². The fraction of sp³-hybridized carbons (Fsp3) is 1.00. The van der Waals surface area contributed by atoms with E-state index in [0.29, 0.717) is 0 Å². The lowest BCUT2D eigenvalue weighted by Crippen LogP contribution is -2.41. The number of likely N-dealkylation sites (N-methyl/N-ethyl adjacent to an activating group) is 1. The van der Waals surface area contributed by atoms with E-state index in [0.717, 1.165) is 6.04 Å². The van der Waals surface area contributed by atoms with Crippen molar-refractivity contribution in [3.63, 3.8) is 0 Å². The van der Waals surface area contributed by atoms with Gasteiger partial charge >= 0.3 is 0 Å². The number of nitrogens with one attached hydrogen (secondary N) is 1. The van der Waals surface area contributed by atoms with Gasteiger partial charge in [0.05, 0.1) is 0 Å². The number of hydrogen-bond acceptors (Lipinski definition) is 3. The minimum Gasteiger partial charge on any atom is -0.313 e. The molecule has 3 heteroatoms. The molecule has 17 heavy (non-hydrogen) atoms. The summed E-state index contributed by atoms with van der Waals surface area (Å²) in [6, 6.07) is 0.733. The van der Waals surface area contributed by atoms with Crippen molar-refractivity contribution in [3.8, 4) is 0 Å². The fourth-order valence-electron chi connectivity index (χ4n) is 2.56. The molecule has 0 aromatic carbocycles. The van der Waals surface area contributed by atoms with Crippen molar-refractivity contribution < 1.29 is 0 Å². The average Bonchev–Trinajstić information content (AvgIpc) is 2.55. The van der Waals surface area contributed by atoms with Crippen LogP contribution in [0.25, 0.3) is 0 Å². The molecule has 0 amide bonds. The van der Waals surface area contributed by atoms with Crippen LogP contribution in [-0.2, 0) is 0 Å². The summed E-state index contributed by atoms with van der Waals surface area (Å²) in [6.07, 6.45) is 6.84. The van der Waals surface area contributed by atoms with E-state index in [1.165, 1.54) is 64.8 Å². The van der Waals surface area contributed by atoms with Crippen molar-refractivity contribution >= 4 is 0 Å². The van der Waals surface area contributed by atoms with Gasteiger partial charge in [0.2, 0.25) is 0 Å². The van der Waals surface area contributed by atoms with Gasteiger partial charge in [-0.25, -0.2) is 0 Å². The summed E-state index contributed by atoms with van der Waals surface area (Å²) in [5.41, 5.74) is 0. The summed E-state index contributed by atoms with van der Waals surface area (Å²) in [4.78, 5) is 4.88. The Bertz CT molecular complexity index is 174. The Morgan fingerprint density at radius 2 is 1.94 bits per heavy atom. The topological polar surface area (TPSA) is 18.5 Å². The molecule has 0 aromatic heterocycles. The molecule has 1 aliphatic heterocycles. The van der Waals surface area contributed by atoms with Gasteiger partial charge in [0, 0.05) is 12.6 Å². The van der Waals surface area contributed by atoms with Crippen molar-refractivity contribution in [1.29, 1.82) is 0 Å². The molecular weight excluding hydrogens is 210 g/mol. The monoisotopic (exact) mass is 241 g/mol. The van der Waals surface area contributed by atoms with Crippen molar-refractivity contribution in [2.45, 2.75) is 45.1 Å². The minimum atomic E-state index is 0.733. The van der Waals surface area contributed by atoms with Crippen LogP contribution in [0.4, 0.5) is 0 Å². The van der Waals surface area contributed by atoms with Gasteiger partial charge in [0.25, 0.3) is 0 Å². The zero-order valence-electron chi connectivity index (χ0n) is 12.0. The van der Waals surface area contributed by atoms with Gasteiger partial charge in [-0.2, -0.15) is 0 Å². The third-order valence-electron chi connectivity index (χ3n) is 3.67. The predicted octanol–water partition coefficient (Wildman–Crippen LogP) is 1.79. The molecule has 1 unspecified atom stereocenters. The van der Waals surface area contributed by atoms with Crippen LogP contribution in [-0.4, -0.2) is 62.7 Å². The smallest absolute Gasteiger partial charge is 0.0195 e. The zero-order valence-corrected chi connectivity index (χ0v) is 12.0. The van der Waals surface area contributed by atoms with Gasteiger partial charge in [-0.05, 0) is 59.5 Å². The quantitative estimate of drug-likeness (QED) is 0.733. The molecule has 1 fully saturated rings. The number of hydrogen-bond donors (Lipinski definition) is 1. The SMILES string of the molecule is CCN(CCCN(C)C)CC1CCCCCN1. The first kappa shape index (κ1) is 14.9. The summed E-state index contributed by atoms with van der Waals surface area (Å²) >= 11 is 0. The highest BCUT2D eigenvalue weighted by Crippen LogP contribution is 2.09. The normalized spacial score (nSPS) is 22.1. The van der Waals surface area contributed by atoms with Gasteiger partial charge in [0.1, 0.15) is 0 Å². The van der Waals surface area contributed by atoms with Crippen LogP contribution in [0, 0.1) is 0 Å². The molecule has 0 radical (unpaired) electrons. The largest absolute Gasteiger partial charge is 0.313 e. The molecule has 1 atom stereocenters. The maximum atomic E-state index is 3.69. The van der Waals surface area contributed by atoms with Crippen LogP contribution in [0.1, 0.15) is 39.0 Å². The zero-order chi connectivity index (χ0) is 12.5. The molecule has 1 N–H and O–H groups in total. The van der Waals surface area contributed by atoms with Gasteiger partial charge < -0.3 is 15.1 Å². The highest BCUT2D eigenvalue weighted by Gasteiger charge is 2.14. The third kappa shape index (κ3) is 7.02. The lowest BCUT2D eigenvalue weighted by molar-refractivity contribution is 0.236. The van der Waals surface area contributed by atoms with Crippen molar-refractivity contribution in [2.75, 3.05) is 46.8 Å². The maximum Gasteiger partial charge on any atom is 0.0195 e. The van der Waals surface area contributed by atoms with Gasteiger partial charge in [-0.1, -0.05) is 19.8 Å². The van der Waals surface area contributed by atoms with Gasteiger partial charge in [-0.3, -0.25) is 0 Å². The molecule has 0 aromatic rings. The van der Waals surface area contributed by atoms with E-state index in [1.54, 1.807) is 0 Å². The van der Waals surface area contributed by atoms with Crippen LogP contribution in [0.15, 0.2) is 0 Å². The molecule has 3 nitrogen and oxygen atoms in total. The third-order valence-corrected chi connectivity index (χ3v) is 3.67. The number of nitrogens with zero attached hydrogens (tertiary/aromatic N) is 2. The molecule has 1 rings (SSSR count). The number of rotatable bonds is 7. The summed E-state index contributed by atoms with van der Waals surface area (Å²) in [5.74, 6) is 0. The van der Waals surface area contributed by atoms with Crippen molar-refractivity contribution in [2.24, 2.45) is 0 Å². The Hall–Kier alpha value is -0.120. The summed E-state index contributed by atoms with van der Waals surface area (Å²) < 4.78 is 0. The minimum absolute atomic E-state index is 0.733. The standard InChI is InChI=1S/C14H31N3/c1-4-17(12-8-11-16(2)3)13-14-9-6-5-7-10-15-14/h14-15H,4-13H2,1-3H3. The first-order valence-electron chi connectivity index (χ1n) is 7.33. The van der Waals surface area contributed by atoms with E-state index in [4.69, 9.17) is 0 Å². The van der Waals surface area contributed by atoms with E-state index in [1.807, 2.05) is 0 Å². The van der Waals surface area contributed by atoms with E-state index in [9.17, 15) is 0 Å². The Morgan fingerprint density at radius 3 is 2.65 bits per heavy atom. The van der Waals surface area contributed by atoms with Crippen molar-refractivity contribution in [1.82, 2.24) is 15.1 Å².